The molecule has 180 valence electrons. The van der Waals surface area contributed by atoms with Crippen molar-refractivity contribution in [3.63, 3.8) is 0 Å². The average Bonchev–Trinajstić information content (AvgIpc) is 3.53. The second-order valence-electron chi connectivity index (χ2n) is 8.96. The highest BCUT2D eigenvalue weighted by Crippen LogP contribution is 2.32. The molecule has 0 aliphatic carbocycles. The number of aromatic nitrogens is 3. The van der Waals surface area contributed by atoms with Gasteiger partial charge in [-0.2, -0.15) is 4.98 Å². The number of unbranched alkanes of at least 4 members (excludes halogenated alkanes) is 7. The van der Waals surface area contributed by atoms with Gasteiger partial charge in [0.25, 0.3) is 5.89 Å². The number of para-hydroxylation sites is 1. The molecule has 0 spiro atoms. The van der Waals surface area contributed by atoms with Gasteiger partial charge in [0.2, 0.25) is 5.82 Å². The van der Waals surface area contributed by atoms with E-state index in [1.165, 1.54) is 56.9 Å². The predicted octanol–water partition coefficient (Wildman–Crippen LogP) is 1.96. The number of nitrogens with zero attached hydrogens (tertiary/aromatic N) is 4. The number of rotatable bonds is 11. The summed E-state index contributed by atoms with van der Waals surface area (Å²) in [5.41, 5.74) is 13.9. The number of halogens is 1. The van der Waals surface area contributed by atoms with Crippen molar-refractivity contribution in [1.29, 1.82) is 0 Å². The van der Waals surface area contributed by atoms with Crippen LogP contribution in [0.1, 0.15) is 83.1 Å². The second-order valence-corrected chi connectivity index (χ2v) is 8.96. The van der Waals surface area contributed by atoms with Gasteiger partial charge in [0.15, 0.2) is 6.04 Å². The summed E-state index contributed by atoms with van der Waals surface area (Å²) in [6.45, 7) is 4.10. The lowest BCUT2D eigenvalue weighted by Gasteiger charge is -2.06. The minimum Gasteiger partial charge on any atom is -1.00 e. The lowest BCUT2D eigenvalue weighted by atomic mass is 10.1. The van der Waals surface area contributed by atoms with Crippen molar-refractivity contribution in [1.82, 2.24) is 14.7 Å². The van der Waals surface area contributed by atoms with E-state index in [1.807, 2.05) is 4.58 Å². The fraction of sp³-hybridized carbons (Fsp3) is 0.560. The molecule has 3 aromatic rings. The van der Waals surface area contributed by atoms with E-state index in [2.05, 4.69) is 47.1 Å². The van der Waals surface area contributed by atoms with Crippen molar-refractivity contribution in [3.05, 3.63) is 36.4 Å². The van der Waals surface area contributed by atoms with Crippen molar-refractivity contribution in [2.75, 3.05) is 6.54 Å². The van der Waals surface area contributed by atoms with Crippen LogP contribution in [-0.2, 0) is 6.54 Å². The van der Waals surface area contributed by atoms with E-state index in [9.17, 15) is 0 Å². The maximum absolute atomic E-state index is 5.85. The summed E-state index contributed by atoms with van der Waals surface area (Å²) in [5, 5.41) is 5.48. The van der Waals surface area contributed by atoms with Gasteiger partial charge < -0.3 is 21.5 Å². The Labute approximate surface area is 202 Å². The smallest absolute Gasteiger partial charge is 0.341 e. The van der Waals surface area contributed by atoms with E-state index < -0.39 is 0 Å². The molecule has 0 unspecified atom stereocenters. The number of nitrogens with two attached hydrogens (primary N) is 2. The average molecular weight is 473 g/mol. The highest BCUT2D eigenvalue weighted by molar-refractivity contribution is 5.94. The Bertz CT molecular complexity index is 1050. The van der Waals surface area contributed by atoms with Crippen LogP contribution in [0.3, 0.4) is 0 Å². The van der Waals surface area contributed by atoms with Crippen LogP contribution < -0.4 is 23.9 Å². The zero-order chi connectivity index (χ0) is 22.3. The summed E-state index contributed by atoms with van der Waals surface area (Å²) in [6, 6.07) is 8.43. The second kappa shape index (κ2) is 12.1. The van der Waals surface area contributed by atoms with Crippen LogP contribution in [-0.4, -0.2) is 31.8 Å². The standard InChI is InChI=1S/C25H36N6O.ClH/c1-2-3-4-5-6-7-8-11-16-30-18-20(19-13-9-10-14-21(19)30)23-28-24(32-29-23)22-15-12-17-31(22)25(26)27;/h9-10,13-14,18,22H,2-8,11-12,15-17H2,1H3,(H3,26,27);1H/t22-;/m0./s1. The molecule has 1 aliphatic heterocycles. The molecule has 0 bridgehead atoms. The molecule has 1 aromatic carbocycles. The zero-order valence-corrected chi connectivity index (χ0v) is 20.4. The summed E-state index contributed by atoms with van der Waals surface area (Å²) < 4.78 is 9.94. The van der Waals surface area contributed by atoms with Gasteiger partial charge in [-0.25, -0.2) is 0 Å². The molecule has 1 fully saturated rings. The Hall–Kier alpha value is -2.54. The summed E-state index contributed by atoms with van der Waals surface area (Å²) in [6.07, 6.45) is 14.7. The van der Waals surface area contributed by atoms with Crippen LogP contribution in [0.5, 0.6) is 0 Å². The Morgan fingerprint density at radius 2 is 1.82 bits per heavy atom. The van der Waals surface area contributed by atoms with Crippen molar-refractivity contribution >= 4 is 16.9 Å². The van der Waals surface area contributed by atoms with Crippen LogP contribution in [0, 0.1) is 0 Å². The molecule has 0 amide bonds. The number of hydrogen-bond donors (Lipinski definition) is 2. The van der Waals surface area contributed by atoms with E-state index in [0.717, 1.165) is 36.9 Å². The monoisotopic (exact) mass is 472 g/mol. The minimum atomic E-state index is -0.0353. The third-order valence-electron chi connectivity index (χ3n) is 6.59. The fourth-order valence-electron chi connectivity index (χ4n) is 4.84. The molecular formula is C25H37ClN6O. The van der Waals surface area contributed by atoms with E-state index in [-0.39, 0.29) is 18.4 Å². The van der Waals surface area contributed by atoms with E-state index >= 15 is 0 Å². The molecule has 1 atom stereocenters. The molecule has 1 aliphatic rings. The van der Waals surface area contributed by atoms with Gasteiger partial charge >= 0.3 is 5.96 Å². The normalized spacial score (nSPS) is 15.8. The van der Waals surface area contributed by atoms with Gasteiger partial charge in [0.05, 0.1) is 6.54 Å². The van der Waals surface area contributed by atoms with Crippen LogP contribution in [0.4, 0.5) is 0 Å². The number of fused-ring (bicyclic) bond motifs is 1. The van der Waals surface area contributed by atoms with Crippen molar-refractivity contribution in [3.8, 4) is 11.4 Å². The van der Waals surface area contributed by atoms with E-state index in [4.69, 9.17) is 21.0 Å². The van der Waals surface area contributed by atoms with Gasteiger partial charge in [-0.3, -0.25) is 16.0 Å². The minimum absolute atomic E-state index is 0. The maximum atomic E-state index is 5.85. The van der Waals surface area contributed by atoms with E-state index in [0.29, 0.717) is 17.7 Å². The summed E-state index contributed by atoms with van der Waals surface area (Å²) in [4.78, 5) is 4.75. The molecule has 4 rings (SSSR count). The predicted molar refractivity (Wildman–Crippen MR) is 128 cm³/mol. The molecular weight excluding hydrogens is 436 g/mol. The van der Waals surface area contributed by atoms with Gasteiger partial charge in [-0.15, -0.1) is 0 Å². The molecule has 0 saturated carbocycles. The summed E-state index contributed by atoms with van der Waals surface area (Å²) >= 11 is 0. The zero-order valence-electron chi connectivity index (χ0n) is 19.7. The Morgan fingerprint density at radius 3 is 2.58 bits per heavy atom. The fourth-order valence-corrected chi connectivity index (χ4v) is 4.84. The molecule has 2 aromatic heterocycles. The highest BCUT2D eigenvalue weighted by Gasteiger charge is 2.31. The van der Waals surface area contributed by atoms with Gasteiger partial charge in [-0.05, 0) is 25.3 Å². The molecule has 8 heteroatoms. The third kappa shape index (κ3) is 5.88. The molecule has 7 nitrogen and oxygen atoms in total. The van der Waals surface area contributed by atoms with Crippen molar-refractivity contribution in [2.45, 2.75) is 83.7 Å². The third-order valence-corrected chi connectivity index (χ3v) is 6.59. The first-order valence-corrected chi connectivity index (χ1v) is 12.3. The number of benzene rings is 1. The Balaban J connectivity index is 0.00000306. The summed E-state index contributed by atoms with van der Waals surface area (Å²) in [5.74, 6) is 1.54. The molecule has 33 heavy (non-hydrogen) atoms. The lowest BCUT2D eigenvalue weighted by molar-refractivity contribution is -0.555. The highest BCUT2D eigenvalue weighted by atomic mass is 35.5. The quantitative estimate of drug-likeness (QED) is 0.252. The maximum Gasteiger partial charge on any atom is 0.341 e. The Morgan fingerprint density at radius 1 is 1.09 bits per heavy atom. The largest absolute Gasteiger partial charge is 1.00 e. The van der Waals surface area contributed by atoms with Crippen molar-refractivity contribution in [2.24, 2.45) is 11.5 Å². The first-order chi connectivity index (χ1) is 15.7. The van der Waals surface area contributed by atoms with Crippen LogP contribution in [0.15, 0.2) is 35.0 Å². The topological polar surface area (TPSA) is 98.9 Å². The number of guanidine groups is 1. The first kappa shape index (κ1) is 25.1. The van der Waals surface area contributed by atoms with Crippen LogP contribution in [0.25, 0.3) is 22.3 Å². The Kier molecular flexibility index (Phi) is 9.18. The SMILES string of the molecule is CCCCCCCCCCn1cc(-c2noc([C@@H]3CCC[N+]3=C(N)N)n2)c2ccccc21.[Cl-]. The molecule has 4 N–H and O–H groups in total. The molecule has 3 heterocycles. The van der Waals surface area contributed by atoms with Gasteiger partial charge in [0, 0.05) is 29.2 Å². The van der Waals surface area contributed by atoms with Crippen molar-refractivity contribution < 1.29 is 21.5 Å². The van der Waals surface area contributed by atoms with E-state index in [1.54, 1.807) is 0 Å². The van der Waals surface area contributed by atoms with Gasteiger partial charge in [0.1, 0.15) is 0 Å². The number of aryl methyl sites for hydroxylation is 1. The van der Waals surface area contributed by atoms with Crippen LogP contribution >= 0.6 is 0 Å². The molecule has 0 radical (unpaired) electrons. The lowest BCUT2D eigenvalue weighted by Crippen LogP contribution is -3.00. The van der Waals surface area contributed by atoms with Crippen LogP contribution in [0.2, 0.25) is 0 Å². The molecule has 1 saturated heterocycles. The first-order valence-electron chi connectivity index (χ1n) is 12.3. The van der Waals surface area contributed by atoms with Gasteiger partial charge in [-0.1, -0.05) is 75.2 Å². The summed E-state index contributed by atoms with van der Waals surface area (Å²) in [7, 11) is 0. The number of hydrogen-bond acceptors (Lipinski definition) is 3.